The fourth-order valence-electron chi connectivity index (χ4n) is 4.53. The molecule has 29 heavy (non-hydrogen) atoms. The first-order valence-electron chi connectivity index (χ1n) is 9.49. The molecule has 3 aromatic rings. The van der Waals surface area contributed by atoms with Gasteiger partial charge in [-0.25, -0.2) is 0 Å². The summed E-state index contributed by atoms with van der Waals surface area (Å²) in [5.41, 5.74) is 2.90. The maximum atomic E-state index is 13.3. The van der Waals surface area contributed by atoms with Gasteiger partial charge in [0.25, 0.3) is 5.91 Å². The van der Waals surface area contributed by atoms with Gasteiger partial charge in [-0.1, -0.05) is 66.3 Å². The molecule has 0 N–H and O–H groups in total. The van der Waals surface area contributed by atoms with Crippen LogP contribution >= 0.6 is 23.8 Å². The van der Waals surface area contributed by atoms with E-state index >= 15 is 0 Å². The summed E-state index contributed by atoms with van der Waals surface area (Å²) in [6, 6.07) is 19.7. The average molecular weight is 420 g/mol. The van der Waals surface area contributed by atoms with E-state index in [9.17, 15) is 4.79 Å². The molecular formula is C23H18ClN3OS. The number of amides is 1. The summed E-state index contributed by atoms with van der Waals surface area (Å²) in [6.45, 7) is 1.28. The summed E-state index contributed by atoms with van der Waals surface area (Å²) in [5.74, 6) is 0.0161. The van der Waals surface area contributed by atoms with Crippen LogP contribution in [-0.4, -0.2) is 38.8 Å². The molecule has 0 saturated carbocycles. The minimum atomic E-state index is -0.781. The first-order valence-corrected chi connectivity index (χ1v) is 10.3. The Hall–Kier alpha value is -2.76. The third-order valence-electron chi connectivity index (χ3n) is 5.75. The predicted octanol–water partition coefficient (Wildman–Crippen LogP) is 4.28. The summed E-state index contributed by atoms with van der Waals surface area (Å²) >= 11 is 12.1. The number of halogens is 1. The van der Waals surface area contributed by atoms with Gasteiger partial charge in [0.05, 0.1) is 10.6 Å². The molecule has 1 saturated heterocycles. The van der Waals surface area contributed by atoms with Crippen LogP contribution in [0.2, 0.25) is 5.02 Å². The monoisotopic (exact) mass is 419 g/mol. The van der Waals surface area contributed by atoms with Gasteiger partial charge < -0.3 is 9.80 Å². The maximum Gasteiger partial charge on any atom is 0.256 e. The van der Waals surface area contributed by atoms with Crippen LogP contribution in [0.15, 0.2) is 73.1 Å². The van der Waals surface area contributed by atoms with E-state index < -0.39 is 5.66 Å². The highest BCUT2D eigenvalue weighted by Gasteiger charge is 2.58. The number of fused-ring (bicyclic) bond motifs is 3. The highest BCUT2D eigenvalue weighted by molar-refractivity contribution is 7.80. The molecule has 1 aromatic heterocycles. The van der Waals surface area contributed by atoms with Crippen LogP contribution in [0.25, 0.3) is 0 Å². The number of rotatable bonds is 3. The largest absolute Gasteiger partial charge is 0.333 e. The van der Waals surface area contributed by atoms with Crippen molar-refractivity contribution in [2.45, 2.75) is 12.1 Å². The summed E-state index contributed by atoms with van der Waals surface area (Å²) in [4.78, 5) is 22.5. The lowest BCUT2D eigenvalue weighted by molar-refractivity contribution is 0.0602. The van der Waals surface area contributed by atoms with E-state index in [0.29, 0.717) is 30.1 Å². The van der Waals surface area contributed by atoms with Gasteiger partial charge in [-0.05, 0) is 23.8 Å². The smallest absolute Gasteiger partial charge is 0.256 e. The predicted molar refractivity (Wildman–Crippen MR) is 117 cm³/mol. The molecular weight excluding hydrogens is 402 g/mol. The minimum absolute atomic E-state index is 0.0161. The molecule has 2 aliphatic heterocycles. The van der Waals surface area contributed by atoms with E-state index in [-0.39, 0.29) is 5.91 Å². The van der Waals surface area contributed by atoms with Crippen LogP contribution in [0, 0.1) is 0 Å². The average Bonchev–Trinajstić information content (AvgIpc) is 3.25. The second kappa shape index (κ2) is 6.94. The molecule has 1 unspecified atom stereocenters. The zero-order valence-corrected chi connectivity index (χ0v) is 17.2. The number of nitrogens with zero attached hydrogens (tertiary/aromatic N) is 3. The number of benzene rings is 2. The highest BCUT2D eigenvalue weighted by Crippen LogP contribution is 2.49. The lowest BCUT2D eigenvalue weighted by Gasteiger charge is -2.41. The fourth-order valence-corrected chi connectivity index (χ4v) is 5.05. The molecule has 5 rings (SSSR count). The van der Waals surface area contributed by atoms with Gasteiger partial charge in [0.1, 0.15) is 0 Å². The molecule has 0 aliphatic carbocycles. The molecule has 0 bridgehead atoms. The van der Waals surface area contributed by atoms with E-state index in [1.165, 1.54) is 0 Å². The second-order valence-electron chi connectivity index (χ2n) is 7.26. The third kappa shape index (κ3) is 2.69. The summed E-state index contributed by atoms with van der Waals surface area (Å²) in [7, 11) is 0. The van der Waals surface area contributed by atoms with Gasteiger partial charge in [0.2, 0.25) is 0 Å². The lowest BCUT2D eigenvalue weighted by Crippen LogP contribution is -2.51. The zero-order chi connectivity index (χ0) is 20.0. The van der Waals surface area contributed by atoms with Crippen molar-refractivity contribution in [3.63, 3.8) is 0 Å². The molecule has 2 aliphatic rings. The van der Waals surface area contributed by atoms with Crippen molar-refractivity contribution in [1.29, 1.82) is 0 Å². The molecule has 1 amide bonds. The zero-order valence-electron chi connectivity index (χ0n) is 15.6. The number of aromatic nitrogens is 1. The van der Waals surface area contributed by atoms with Crippen molar-refractivity contribution in [2.75, 3.05) is 13.1 Å². The number of thiocarbonyl (C=S) groups is 1. The lowest BCUT2D eigenvalue weighted by atomic mass is 9.91. The second-order valence-corrected chi connectivity index (χ2v) is 8.17. The van der Waals surface area contributed by atoms with Gasteiger partial charge in [-0.2, -0.15) is 0 Å². The summed E-state index contributed by atoms with van der Waals surface area (Å²) in [5, 5.41) is 0.656. The van der Waals surface area contributed by atoms with E-state index in [0.717, 1.165) is 21.7 Å². The molecule has 1 fully saturated rings. The Kier molecular flexibility index (Phi) is 4.37. The number of pyridine rings is 1. The van der Waals surface area contributed by atoms with Crippen molar-refractivity contribution in [1.82, 2.24) is 14.8 Å². The number of hydrogen-bond donors (Lipinski definition) is 0. The van der Waals surface area contributed by atoms with Crippen LogP contribution in [-0.2, 0) is 12.1 Å². The number of hydrogen-bond acceptors (Lipinski definition) is 3. The third-order valence-corrected chi connectivity index (χ3v) is 6.36. The van der Waals surface area contributed by atoms with Crippen molar-refractivity contribution in [3.8, 4) is 0 Å². The van der Waals surface area contributed by atoms with E-state index in [2.05, 4.69) is 22.0 Å². The number of carbonyl (C=O) groups excluding carboxylic acids is 1. The van der Waals surface area contributed by atoms with Crippen molar-refractivity contribution >= 4 is 34.7 Å². The topological polar surface area (TPSA) is 36.4 Å². The first kappa shape index (κ1) is 18.3. The van der Waals surface area contributed by atoms with Crippen molar-refractivity contribution < 1.29 is 4.79 Å². The SMILES string of the molecule is O=C1c2ccncc2C2(c3ccc(Cl)cc3)N1CCN2C(=S)Cc1ccccc1. The van der Waals surface area contributed by atoms with Crippen LogP contribution in [0.1, 0.15) is 27.0 Å². The highest BCUT2D eigenvalue weighted by atomic mass is 35.5. The normalized spacial score (nSPS) is 20.0. The Morgan fingerprint density at radius 2 is 1.83 bits per heavy atom. The quantitative estimate of drug-likeness (QED) is 0.594. The number of carbonyl (C=O) groups is 1. The van der Waals surface area contributed by atoms with Crippen molar-refractivity contribution in [3.05, 3.63) is 100 Å². The molecule has 6 heteroatoms. The Labute approximate surface area is 179 Å². The van der Waals surface area contributed by atoms with Gasteiger partial charge in [-0.3, -0.25) is 9.78 Å². The Morgan fingerprint density at radius 1 is 1.07 bits per heavy atom. The molecule has 1 atom stereocenters. The van der Waals surface area contributed by atoms with Gasteiger partial charge in [0.15, 0.2) is 5.66 Å². The maximum absolute atomic E-state index is 13.3. The van der Waals surface area contributed by atoms with Gasteiger partial charge >= 0.3 is 0 Å². The summed E-state index contributed by atoms with van der Waals surface area (Å²) in [6.07, 6.45) is 4.11. The van der Waals surface area contributed by atoms with E-state index in [4.69, 9.17) is 23.8 Å². The van der Waals surface area contributed by atoms with E-state index in [1.54, 1.807) is 18.5 Å². The minimum Gasteiger partial charge on any atom is -0.333 e. The Morgan fingerprint density at radius 3 is 2.59 bits per heavy atom. The van der Waals surface area contributed by atoms with Crippen molar-refractivity contribution in [2.24, 2.45) is 0 Å². The van der Waals surface area contributed by atoms with Crippen LogP contribution in [0.3, 0.4) is 0 Å². The van der Waals surface area contributed by atoms with Crippen LogP contribution < -0.4 is 0 Å². The molecule has 4 nitrogen and oxygen atoms in total. The molecule has 0 spiro atoms. The standard InChI is InChI=1S/C23H18ClN3OS/c24-18-8-6-17(7-9-18)23-20-15-25-11-10-19(20)22(28)27(23)13-12-26(23)21(29)14-16-4-2-1-3-5-16/h1-11,15H,12-14H2. The Balaban J connectivity index is 1.67. The van der Waals surface area contributed by atoms with Gasteiger partial charge in [-0.15, -0.1) is 0 Å². The molecule has 144 valence electrons. The fraction of sp³-hybridized carbons (Fsp3) is 0.174. The molecule has 3 heterocycles. The molecule has 0 radical (unpaired) electrons. The van der Waals surface area contributed by atoms with E-state index in [1.807, 2.05) is 47.4 Å². The first-order chi connectivity index (χ1) is 14.1. The summed E-state index contributed by atoms with van der Waals surface area (Å²) < 4.78 is 0. The van der Waals surface area contributed by atoms with Crippen LogP contribution in [0.4, 0.5) is 0 Å². The molecule has 2 aromatic carbocycles. The Bertz CT molecular complexity index is 1100. The van der Waals surface area contributed by atoms with Gasteiger partial charge in [0, 0.05) is 48.1 Å². The van der Waals surface area contributed by atoms with Crippen LogP contribution in [0.5, 0.6) is 0 Å².